The first-order valence-corrected chi connectivity index (χ1v) is 7.14. The Morgan fingerprint density at radius 1 is 1.05 bits per heavy atom. The van der Waals surface area contributed by atoms with Gasteiger partial charge < -0.3 is 14.2 Å². The van der Waals surface area contributed by atoms with Crippen molar-refractivity contribution in [2.75, 3.05) is 31.2 Å². The molecule has 1 aromatic carbocycles. The molecule has 1 aliphatic rings. The largest absolute Gasteiger partial charge is 0.378 e. The van der Waals surface area contributed by atoms with E-state index >= 15 is 0 Å². The Morgan fingerprint density at radius 2 is 1.74 bits per heavy atom. The van der Waals surface area contributed by atoms with Crippen molar-refractivity contribution in [1.82, 2.24) is 4.57 Å². The van der Waals surface area contributed by atoms with Crippen LogP contribution >= 0.6 is 0 Å². The van der Waals surface area contributed by atoms with Crippen LogP contribution in [-0.4, -0.2) is 30.9 Å². The number of aryl methyl sites for hydroxylation is 2. The van der Waals surface area contributed by atoms with Gasteiger partial charge in [0.05, 0.1) is 13.2 Å². The van der Waals surface area contributed by atoms with Crippen LogP contribution in [0.1, 0.15) is 19.5 Å². The van der Waals surface area contributed by atoms with Crippen molar-refractivity contribution in [3.05, 3.63) is 30.0 Å². The van der Waals surface area contributed by atoms with Crippen LogP contribution < -0.4 is 4.90 Å². The highest BCUT2D eigenvalue weighted by molar-refractivity contribution is 5.85. The maximum atomic E-state index is 5.39. The molecule has 0 atom stereocenters. The lowest BCUT2D eigenvalue weighted by Crippen LogP contribution is -2.36. The minimum atomic E-state index is 0.839. The molecule has 0 radical (unpaired) electrons. The van der Waals surface area contributed by atoms with Gasteiger partial charge in [0, 0.05) is 42.4 Å². The third-order valence-corrected chi connectivity index (χ3v) is 3.64. The molecule has 0 amide bonds. The van der Waals surface area contributed by atoms with Crippen LogP contribution in [0.25, 0.3) is 10.9 Å². The van der Waals surface area contributed by atoms with Crippen LogP contribution in [0.5, 0.6) is 0 Å². The highest BCUT2D eigenvalue weighted by Crippen LogP contribution is 2.25. The van der Waals surface area contributed by atoms with Gasteiger partial charge in [0.25, 0.3) is 0 Å². The van der Waals surface area contributed by atoms with Gasteiger partial charge in [-0.05, 0) is 31.2 Å². The Hall–Kier alpha value is -1.48. The maximum Gasteiger partial charge on any atom is 0.0642 e. The molecule has 0 N–H and O–H groups in total. The normalized spacial score (nSPS) is 15.3. The highest BCUT2D eigenvalue weighted by atomic mass is 16.5. The topological polar surface area (TPSA) is 17.4 Å². The molecule has 3 heteroatoms. The Balaban J connectivity index is 0.000000637. The summed E-state index contributed by atoms with van der Waals surface area (Å²) in [6.45, 7) is 9.82. The minimum Gasteiger partial charge on any atom is -0.378 e. The van der Waals surface area contributed by atoms with Gasteiger partial charge in [-0.1, -0.05) is 13.8 Å². The minimum absolute atomic E-state index is 0.839. The van der Waals surface area contributed by atoms with Crippen molar-refractivity contribution >= 4 is 16.6 Å². The molecule has 3 nitrogen and oxygen atoms in total. The van der Waals surface area contributed by atoms with Crippen LogP contribution in [0.2, 0.25) is 0 Å². The SMILES string of the molecule is CC.Cc1cc2cc(N3CCOCC3)ccc2n1C. The van der Waals surface area contributed by atoms with Crippen molar-refractivity contribution in [1.29, 1.82) is 0 Å². The van der Waals surface area contributed by atoms with E-state index < -0.39 is 0 Å². The Kier molecular flexibility index (Phi) is 4.48. The third kappa shape index (κ3) is 2.76. The average molecular weight is 260 g/mol. The zero-order valence-electron chi connectivity index (χ0n) is 12.4. The fourth-order valence-corrected chi connectivity index (χ4v) is 2.49. The summed E-state index contributed by atoms with van der Waals surface area (Å²) in [5.41, 5.74) is 3.92. The summed E-state index contributed by atoms with van der Waals surface area (Å²) in [4.78, 5) is 2.39. The number of benzene rings is 1. The molecule has 0 saturated carbocycles. The molecule has 2 heterocycles. The first kappa shape index (κ1) is 13.9. The van der Waals surface area contributed by atoms with Gasteiger partial charge in [-0.3, -0.25) is 0 Å². The van der Waals surface area contributed by atoms with Crippen molar-refractivity contribution < 1.29 is 4.74 Å². The molecule has 2 aromatic rings. The van der Waals surface area contributed by atoms with E-state index in [1.165, 1.54) is 22.3 Å². The molecular weight excluding hydrogens is 236 g/mol. The summed E-state index contributed by atoms with van der Waals surface area (Å²) in [6, 6.07) is 8.97. The average Bonchev–Trinajstić information content (AvgIpc) is 2.77. The van der Waals surface area contributed by atoms with Gasteiger partial charge in [0.1, 0.15) is 0 Å². The predicted molar refractivity (Wildman–Crippen MR) is 82.0 cm³/mol. The molecule has 19 heavy (non-hydrogen) atoms. The van der Waals surface area contributed by atoms with Crippen LogP contribution in [0.3, 0.4) is 0 Å². The number of rotatable bonds is 1. The standard InChI is InChI=1S/C14H18N2O.C2H6/c1-11-9-12-10-13(3-4-14(12)15(11)2)16-5-7-17-8-6-16;1-2/h3-4,9-10H,5-8H2,1-2H3;1-2H3. The zero-order chi connectivity index (χ0) is 13.8. The third-order valence-electron chi connectivity index (χ3n) is 3.64. The van der Waals surface area contributed by atoms with Crippen molar-refractivity contribution in [3.8, 4) is 0 Å². The van der Waals surface area contributed by atoms with Crippen molar-refractivity contribution in [2.24, 2.45) is 7.05 Å². The molecule has 1 saturated heterocycles. The van der Waals surface area contributed by atoms with Crippen LogP contribution in [0, 0.1) is 6.92 Å². The second kappa shape index (κ2) is 6.11. The van der Waals surface area contributed by atoms with Crippen LogP contribution in [-0.2, 0) is 11.8 Å². The van der Waals surface area contributed by atoms with E-state index in [4.69, 9.17) is 4.74 Å². The number of anilines is 1. The number of morpholine rings is 1. The van der Waals surface area contributed by atoms with Gasteiger partial charge in [0.2, 0.25) is 0 Å². The fraction of sp³-hybridized carbons (Fsp3) is 0.500. The lowest BCUT2D eigenvalue weighted by Gasteiger charge is -2.28. The van der Waals surface area contributed by atoms with Gasteiger partial charge >= 0.3 is 0 Å². The summed E-state index contributed by atoms with van der Waals surface area (Å²) in [5.74, 6) is 0. The summed E-state index contributed by atoms with van der Waals surface area (Å²) in [6.07, 6.45) is 0. The number of ether oxygens (including phenoxy) is 1. The molecule has 0 aliphatic carbocycles. The monoisotopic (exact) mass is 260 g/mol. The van der Waals surface area contributed by atoms with Gasteiger partial charge in [0.15, 0.2) is 0 Å². The number of fused-ring (bicyclic) bond motifs is 1. The quantitative estimate of drug-likeness (QED) is 0.782. The molecular formula is C16H24N2O. The molecule has 0 bridgehead atoms. The Labute approximate surface area is 115 Å². The molecule has 1 fully saturated rings. The van der Waals surface area contributed by atoms with Crippen molar-refractivity contribution in [2.45, 2.75) is 20.8 Å². The first-order valence-electron chi connectivity index (χ1n) is 7.14. The van der Waals surface area contributed by atoms with E-state index in [2.05, 4.69) is 47.7 Å². The van der Waals surface area contributed by atoms with E-state index in [1.54, 1.807) is 0 Å². The lowest BCUT2D eigenvalue weighted by molar-refractivity contribution is 0.122. The van der Waals surface area contributed by atoms with E-state index in [1.807, 2.05) is 13.8 Å². The summed E-state index contributed by atoms with van der Waals surface area (Å²) in [7, 11) is 2.12. The molecule has 3 rings (SSSR count). The second-order valence-electron chi connectivity index (χ2n) is 4.69. The smallest absolute Gasteiger partial charge is 0.0642 e. The number of nitrogens with zero attached hydrogens (tertiary/aromatic N) is 2. The maximum absolute atomic E-state index is 5.39. The summed E-state index contributed by atoms with van der Waals surface area (Å²) < 4.78 is 7.62. The summed E-state index contributed by atoms with van der Waals surface area (Å²) >= 11 is 0. The van der Waals surface area contributed by atoms with Gasteiger partial charge in [-0.2, -0.15) is 0 Å². The molecule has 1 aliphatic heterocycles. The fourth-order valence-electron chi connectivity index (χ4n) is 2.49. The van der Waals surface area contributed by atoms with Crippen LogP contribution in [0.4, 0.5) is 5.69 Å². The van der Waals surface area contributed by atoms with E-state index in [9.17, 15) is 0 Å². The molecule has 0 spiro atoms. The molecule has 104 valence electrons. The highest BCUT2D eigenvalue weighted by Gasteiger charge is 2.12. The molecule has 0 unspecified atom stereocenters. The van der Waals surface area contributed by atoms with Gasteiger partial charge in [-0.15, -0.1) is 0 Å². The van der Waals surface area contributed by atoms with E-state index in [0.717, 1.165) is 26.3 Å². The second-order valence-corrected chi connectivity index (χ2v) is 4.69. The Morgan fingerprint density at radius 3 is 2.42 bits per heavy atom. The predicted octanol–water partition coefficient (Wildman–Crippen LogP) is 3.35. The number of hydrogen-bond acceptors (Lipinski definition) is 2. The number of hydrogen-bond donors (Lipinski definition) is 0. The zero-order valence-corrected chi connectivity index (χ0v) is 12.4. The van der Waals surface area contributed by atoms with E-state index in [0.29, 0.717) is 0 Å². The Bertz CT molecular complexity index is 539. The van der Waals surface area contributed by atoms with Crippen molar-refractivity contribution in [3.63, 3.8) is 0 Å². The number of aromatic nitrogens is 1. The van der Waals surface area contributed by atoms with Gasteiger partial charge in [-0.25, -0.2) is 0 Å². The summed E-state index contributed by atoms with van der Waals surface area (Å²) in [5, 5.41) is 1.33. The first-order chi connectivity index (χ1) is 9.25. The van der Waals surface area contributed by atoms with E-state index in [-0.39, 0.29) is 0 Å². The molecule has 1 aromatic heterocycles. The van der Waals surface area contributed by atoms with Crippen LogP contribution in [0.15, 0.2) is 24.3 Å². The lowest BCUT2D eigenvalue weighted by atomic mass is 10.2.